The third-order valence-corrected chi connectivity index (χ3v) is 5.75. The van der Waals surface area contributed by atoms with Crippen LogP contribution in [0.2, 0.25) is 0 Å². The van der Waals surface area contributed by atoms with Gasteiger partial charge in [0.1, 0.15) is 22.9 Å². The Bertz CT molecular complexity index is 1330. The number of nitrogens with two attached hydrogens (primary N) is 1. The smallest absolute Gasteiger partial charge is 0.267 e. The van der Waals surface area contributed by atoms with Crippen LogP contribution in [0.3, 0.4) is 0 Å². The number of H-pyrrole nitrogens is 1. The van der Waals surface area contributed by atoms with Gasteiger partial charge in [0.05, 0.1) is 23.3 Å². The summed E-state index contributed by atoms with van der Waals surface area (Å²) in [6.45, 7) is 2.29. The van der Waals surface area contributed by atoms with Crippen LogP contribution in [0.25, 0.3) is 22.6 Å². The second kappa shape index (κ2) is 8.34. The molecule has 1 aliphatic rings. The summed E-state index contributed by atoms with van der Waals surface area (Å²) in [6, 6.07) is 12.5. The molecule has 5 rings (SSSR count). The molecule has 2 amide bonds. The first-order valence-corrected chi connectivity index (χ1v) is 10.7. The van der Waals surface area contributed by atoms with Crippen molar-refractivity contribution < 1.29 is 14.3 Å². The standard InChI is InChI=1S/C24H22N6O3/c1-14(31)30-10-4-6-21(30)16-11-19-20(29-24(28-19)18-5-2-3-9-26-18)12-22(16)33-15-7-8-17(23(25)32)27-13-15/h2-3,5,7-9,11-13,21H,4,6,10H2,1H3,(H2,25,32)(H,28,29). The van der Waals surface area contributed by atoms with Crippen molar-refractivity contribution in [1.82, 2.24) is 24.8 Å². The Balaban J connectivity index is 1.59. The molecule has 1 unspecified atom stereocenters. The Hall–Kier alpha value is -4.27. The first-order chi connectivity index (χ1) is 16.0. The van der Waals surface area contributed by atoms with Gasteiger partial charge in [0, 0.05) is 31.3 Å². The average Bonchev–Trinajstić information content (AvgIpc) is 3.46. The molecular formula is C24H22N6O3. The second-order valence-corrected chi connectivity index (χ2v) is 7.92. The van der Waals surface area contributed by atoms with Crippen LogP contribution in [0.15, 0.2) is 54.9 Å². The number of hydrogen-bond acceptors (Lipinski definition) is 6. The van der Waals surface area contributed by atoms with Gasteiger partial charge in [0.2, 0.25) is 5.91 Å². The molecule has 0 radical (unpaired) electrons. The molecule has 0 saturated carbocycles. The molecule has 33 heavy (non-hydrogen) atoms. The fourth-order valence-electron chi connectivity index (χ4n) is 4.21. The SMILES string of the molecule is CC(=O)N1CCCC1c1cc2[nH]c(-c3ccccn3)nc2cc1Oc1ccc(C(N)=O)nc1. The molecule has 1 saturated heterocycles. The molecular weight excluding hydrogens is 420 g/mol. The predicted octanol–water partition coefficient (Wildman–Crippen LogP) is 3.59. The topological polar surface area (TPSA) is 127 Å². The molecule has 0 aliphatic carbocycles. The average molecular weight is 442 g/mol. The normalized spacial score (nSPS) is 15.7. The Kier molecular flexibility index (Phi) is 5.21. The summed E-state index contributed by atoms with van der Waals surface area (Å²) in [5, 5.41) is 0. The zero-order chi connectivity index (χ0) is 22.9. The molecule has 1 atom stereocenters. The summed E-state index contributed by atoms with van der Waals surface area (Å²) < 4.78 is 6.19. The minimum atomic E-state index is -0.606. The molecule has 1 aromatic carbocycles. The molecule has 4 heterocycles. The number of primary amides is 1. The lowest BCUT2D eigenvalue weighted by atomic mass is 10.0. The Morgan fingerprint density at radius 3 is 2.76 bits per heavy atom. The molecule has 3 aromatic heterocycles. The molecule has 4 aromatic rings. The van der Waals surface area contributed by atoms with Crippen molar-refractivity contribution in [2.45, 2.75) is 25.8 Å². The highest BCUT2D eigenvalue weighted by molar-refractivity contribution is 5.90. The third-order valence-electron chi connectivity index (χ3n) is 5.75. The van der Waals surface area contributed by atoms with Gasteiger partial charge >= 0.3 is 0 Å². The van der Waals surface area contributed by atoms with Gasteiger partial charge in [-0.15, -0.1) is 0 Å². The summed E-state index contributed by atoms with van der Waals surface area (Å²) in [5.74, 6) is 1.10. The first-order valence-electron chi connectivity index (χ1n) is 10.7. The Morgan fingerprint density at radius 1 is 1.18 bits per heavy atom. The van der Waals surface area contributed by atoms with Gasteiger partial charge in [-0.1, -0.05) is 6.07 Å². The summed E-state index contributed by atoms with van der Waals surface area (Å²) >= 11 is 0. The zero-order valence-corrected chi connectivity index (χ0v) is 18.0. The van der Waals surface area contributed by atoms with E-state index in [0.717, 1.165) is 29.6 Å². The minimum Gasteiger partial charge on any atom is -0.455 e. The number of nitrogens with zero attached hydrogens (tertiary/aromatic N) is 4. The Morgan fingerprint density at radius 2 is 2.06 bits per heavy atom. The molecule has 1 aliphatic heterocycles. The maximum absolute atomic E-state index is 12.3. The van der Waals surface area contributed by atoms with Crippen molar-refractivity contribution in [3.05, 3.63) is 66.1 Å². The molecule has 1 fully saturated rings. The number of hydrogen-bond donors (Lipinski definition) is 2. The van der Waals surface area contributed by atoms with Crippen LogP contribution in [-0.4, -0.2) is 43.2 Å². The van der Waals surface area contributed by atoms with Gasteiger partial charge in [-0.05, 0) is 43.2 Å². The van der Waals surface area contributed by atoms with Gasteiger partial charge < -0.3 is 20.4 Å². The number of benzene rings is 1. The van der Waals surface area contributed by atoms with Gasteiger partial charge in [0.25, 0.3) is 5.91 Å². The number of imidazole rings is 1. The van der Waals surface area contributed by atoms with Gasteiger partial charge in [-0.25, -0.2) is 9.97 Å². The van der Waals surface area contributed by atoms with E-state index >= 15 is 0 Å². The molecule has 166 valence electrons. The number of pyridine rings is 2. The fourth-order valence-corrected chi connectivity index (χ4v) is 4.21. The van der Waals surface area contributed by atoms with Crippen molar-refractivity contribution in [3.63, 3.8) is 0 Å². The first kappa shape index (κ1) is 20.6. The van der Waals surface area contributed by atoms with Crippen molar-refractivity contribution >= 4 is 22.8 Å². The van der Waals surface area contributed by atoms with E-state index in [1.807, 2.05) is 35.2 Å². The van der Waals surface area contributed by atoms with Crippen LogP contribution >= 0.6 is 0 Å². The van der Waals surface area contributed by atoms with E-state index in [1.165, 1.54) is 12.3 Å². The van der Waals surface area contributed by atoms with Gasteiger partial charge in [-0.2, -0.15) is 0 Å². The lowest BCUT2D eigenvalue weighted by Crippen LogP contribution is -2.28. The molecule has 0 spiro atoms. The monoisotopic (exact) mass is 442 g/mol. The lowest BCUT2D eigenvalue weighted by Gasteiger charge is -2.25. The molecule has 9 heteroatoms. The van der Waals surface area contributed by atoms with E-state index in [4.69, 9.17) is 10.5 Å². The number of aromatic amines is 1. The lowest BCUT2D eigenvalue weighted by molar-refractivity contribution is -0.129. The highest BCUT2D eigenvalue weighted by Gasteiger charge is 2.31. The van der Waals surface area contributed by atoms with Crippen LogP contribution in [-0.2, 0) is 4.79 Å². The maximum atomic E-state index is 12.3. The van der Waals surface area contributed by atoms with Crippen molar-refractivity contribution in [2.24, 2.45) is 5.73 Å². The van der Waals surface area contributed by atoms with Gasteiger partial charge in [-0.3, -0.25) is 14.6 Å². The zero-order valence-electron chi connectivity index (χ0n) is 18.0. The number of fused-ring (bicyclic) bond motifs is 1. The highest BCUT2D eigenvalue weighted by Crippen LogP contribution is 2.40. The van der Waals surface area contributed by atoms with Crippen molar-refractivity contribution in [1.29, 1.82) is 0 Å². The summed E-state index contributed by atoms with van der Waals surface area (Å²) in [6.07, 6.45) is 4.92. The van der Waals surface area contributed by atoms with E-state index in [9.17, 15) is 9.59 Å². The van der Waals surface area contributed by atoms with E-state index in [-0.39, 0.29) is 17.6 Å². The van der Waals surface area contributed by atoms with E-state index in [0.29, 0.717) is 29.4 Å². The number of amides is 2. The Labute approximate surface area is 189 Å². The molecule has 3 N–H and O–H groups in total. The third kappa shape index (κ3) is 4.00. The quantitative estimate of drug-likeness (QED) is 0.486. The predicted molar refractivity (Wildman–Crippen MR) is 122 cm³/mol. The minimum absolute atomic E-state index is 0.0230. The van der Waals surface area contributed by atoms with Crippen LogP contribution in [0, 0.1) is 0 Å². The summed E-state index contributed by atoms with van der Waals surface area (Å²) in [4.78, 5) is 41.9. The summed E-state index contributed by atoms with van der Waals surface area (Å²) in [7, 11) is 0. The van der Waals surface area contributed by atoms with Crippen LogP contribution < -0.4 is 10.5 Å². The highest BCUT2D eigenvalue weighted by atomic mass is 16.5. The second-order valence-electron chi connectivity index (χ2n) is 7.92. The number of aromatic nitrogens is 4. The molecule has 9 nitrogen and oxygen atoms in total. The van der Waals surface area contributed by atoms with Crippen LogP contribution in [0.5, 0.6) is 11.5 Å². The summed E-state index contributed by atoms with van der Waals surface area (Å²) in [5.41, 5.74) is 8.59. The number of rotatable bonds is 5. The van der Waals surface area contributed by atoms with Crippen LogP contribution in [0.4, 0.5) is 0 Å². The molecule has 0 bridgehead atoms. The fraction of sp³-hybridized carbons (Fsp3) is 0.208. The van der Waals surface area contributed by atoms with Gasteiger partial charge in [0.15, 0.2) is 5.82 Å². The number of likely N-dealkylation sites (tertiary alicyclic amines) is 1. The van der Waals surface area contributed by atoms with E-state index in [1.54, 1.807) is 19.2 Å². The van der Waals surface area contributed by atoms with Crippen molar-refractivity contribution in [2.75, 3.05) is 6.54 Å². The number of carbonyl (C=O) groups is 2. The number of nitrogens with one attached hydrogen (secondary N) is 1. The van der Waals surface area contributed by atoms with E-state index < -0.39 is 5.91 Å². The maximum Gasteiger partial charge on any atom is 0.267 e. The number of carbonyl (C=O) groups excluding carboxylic acids is 2. The number of ether oxygens (including phenoxy) is 1. The van der Waals surface area contributed by atoms with E-state index in [2.05, 4.69) is 19.9 Å². The van der Waals surface area contributed by atoms with Crippen molar-refractivity contribution in [3.8, 4) is 23.0 Å². The largest absolute Gasteiger partial charge is 0.455 e. The van der Waals surface area contributed by atoms with Crippen LogP contribution in [0.1, 0.15) is 41.9 Å².